The minimum Gasteiger partial charge on any atom is -0.307 e. The molecule has 19 rings (SSSR count). The van der Waals surface area contributed by atoms with Crippen LogP contribution in [0.4, 0.5) is 0 Å². The second kappa shape index (κ2) is 47.7. The minimum absolute atomic E-state index is 0.0237. The topological polar surface area (TPSA) is 175 Å². The van der Waals surface area contributed by atoms with Crippen LogP contribution in [0.2, 0.25) is 0 Å². The maximum absolute atomic E-state index is 12.6. The first-order chi connectivity index (χ1) is 62.0. The highest BCUT2D eigenvalue weighted by Crippen LogP contribution is 2.32. The van der Waals surface area contributed by atoms with Crippen LogP contribution in [0, 0.1) is 0 Å². The van der Waals surface area contributed by atoms with Gasteiger partial charge in [0, 0.05) is 38.5 Å². The summed E-state index contributed by atoms with van der Waals surface area (Å²) in [6, 6.07) is 120. The van der Waals surface area contributed by atoms with Gasteiger partial charge in [0.1, 0.15) is 0 Å². The zero-order chi connectivity index (χ0) is 86.7. The Morgan fingerprint density at radius 3 is 0.698 bits per heavy atom. The van der Waals surface area contributed by atoms with Crippen molar-refractivity contribution in [1.29, 1.82) is 0 Å². The first kappa shape index (κ1) is 89.9. The van der Waals surface area contributed by atoms with E-state index in [0.29, 0.717) is 73.2 Å². The summed E-state index contributed by atoms with van der Waals surface area (Å²) in [6.07, 6.45) is 15.6. The molecule has 0 spiro atoms. The van der Waals surface area contributed by atoms with Crippen LogP contribution in [0.15, 0.2) is 352 Å². The molecule has 6 heterocycles. The molecule has 0 aromatic heterocycles. The van der Waals surface area contributed by atoms with Gasteiger partial charge in [0.05, 0.1) is 36.3 Å². The Morgan fingerprint density at radius 1 is 0.183 bits per heavy atom. The summed E-state index contributed by atoms with van der Waals surface area (Å²) >= 11 is 0. The van der Waals surface area contributed by atoms with Gasteiger partial charge in [-0.2, -0.15) is 0 Å². The molecule has 126 heavy (non-hydrogen) atoms. The highest BCUT2D eigenvalue weighted by Gasteiger charge is 2.28. The van der Waals surface area contributed by atoms with E-state index >= 15 is 0 Å². The van der Waals surface area contributed by atoms with E-state index in [9.17, 15) is 28.8 Å². The fourth-order valence-corrected chi connectivity index (χ4v) is 17.6. The predicted molar refractivity (Wildman–Crippen MR) is 515 cm³/mol. The summed E-state index contributed by atoms with van der Waals surface area (Å²) in [5, 5.41) is 19.7. The number of rotatable bonds is 25. The fourth-order valence-electron chi connectivity index (χ4n) is 17.6. The van der Waals surface area contributed by atoms with Gasteiger partial charge in [0.2, 0.25) is 0 Å². The average molecular weight is 1670 g/mol. The lowest BCUT2D eigenvalue weighted by Crippen LogP contribution is -2.32. The Morgan fingerprint density at radius 2 is 0.405 bits per heavy atom. The smallest absolute Gasteiger partial charge is 0.154 e. The summed E-state index contributed by atoms with van der Waals surface area (Å²) in [6.45, 7) is 5.81. The third-order valence-corrected chi connectivity index (χ3v) is 24.5. The molecule has 12 nitrogen and oxygen atoms in total. The molecule has 6 unspecified atom stereocenters. The van der Waals surface area contributed by atoms with Gasteiger partial charge in [-0.05, 0) is 234 Å². The van der Waals surface area contributed by atoms with E-state index in [0.717, 1.165) is 161 Å². The van der Waals surface area contributed by atoms with Crippen LogP contribution in [0.25, 0.3) is 77.9 Å². The van der Waals surface area contributed by atoms with Crippen LogP contribution in [-0.2, 0) is 67.3 Å². The molecular weight excluding hydrogens is 1550 g/mol. The molecule has 6 atom stereocenters. The molecule has 0 saturated carbocycles. The van der Waals surface area contributed by atoms with Crippen molar-refractivity contribution in [2.24, 2.45) is 0 Å². The molecule has 12 heteroatoms. The SMILES string of the molecule is O=C(Cc1cc(-c2ccccc2)cc(-c2ccccc2)c1)C1CCCN1.O=C(Cc1ccc(-c2ccccc2)cc1)C1CCCN1.O=C(Cc1cccc(-c2ccccc2)c1)C1CCCN1.O=C(Cc1cccc(-c2ccccc2)c1)C1CCCN1.O=C(Cc1ccccc1-c1ccccc1)C1CCCN1.O=C(Cc1ccccc1-c1ccccc1)C1CCCN1. The van der Waals surface area contributed by atoms with Gasteiger partial charge in [-0.15, -0.1) is 0 Å². The van der Waals surface area contributed by atoms with Crippen LogP contribution < -0.4 is 31.9 Å². The number of Topliss-reactive ketones (excluding diaryl/α,β-unsaturated/α-hetero) is 6. The molecular formula is C114H118N6O6. The van der Waals surface area contributed by atoms with Gasteiger partial charge >= 0.3 is 0 Å². The van der Waals surface area contributed by atoms with Crippen molar-refractivity contribution in [3.63, 3.8) is 0 Å². The van der Waals surface area contributed by atoms with Crippen molar-refractivity contribution in [1.82, 2.24) is 31.9 Å². The van der Waals surface area contributed by atoms with Crippen LogP contribution in [0.1, 0.15) is 110 Å². The van der Waals surface area contributed by atoms with Gasteiger partial charge in [-0.1, -0.05) is 346 Å². The van der Waals surface area contributed by atoms with Crippen molar-refractivity contribution in [3.05, 3.63) is 385 Å². The third-order valence-electron chi connectivity index (χ3n) is 24.5. The lowest BCUT2D eigenvalue weighted by molar-refractivity contribution is -0.120. The molecule has 0 radical (unpaired) electrons. The Balaban J connectivity index is 0.000000123. The average Bonchev–Trinajstić information content (AvgIpc) is 0.994. The Bertz CT molecular complexity index is 5310. The Hall–Kier alpha value is -12.4. The van der Waals surface area contributed by atoms with Gasteiger partial charge in [-0.3, -0.25) is 28.8 Å². The third kappa shape index (κ3) is 26.8. The first-order valence-electron chi connectivity index (χ1n) is 45.5. The summed E-state index contributed by atoms with van der Waals surface area (Å²) in [7, 11) is 0. The van der Waals surface area contributed by atoms with Crippen LogP contribution in [0.5, 0.6) is 0 Å². The maximum Gasteiger partial charge on any atom is 0.154 e. The summed E-state index contributed by atoms with van der Waals surface area (Å²) in [5.41, 5.74) is 23.1. The number of hydrogen-bond donors (Lipinski definition) is 6. The van der Waals surface area contributed by atoms with Gasteiger partial charge < -0.3 is 31.9 Å². The number of benzene rings is 13. The van der Waals surface area contributed by atoms with Crippen LogP contribution in [-0.4, -0.2) is 110 Å². The number of ketones is 6. The predicted octanol–water partition coefficient (Wildman–Crippen LogP) is 21.0. The van der Waals surface area contributed by atoms with Gasteiger partial charge in [0.15, 0.2) is 34.7 Å². The van der Waals surface area contributed by atoms with Crippen LogP contribution in [0.3, 0.4) is 0 Å². The molecule has 13 aromatic rings. The highest BCUT2D eigenvalue weighted by atomic mass is 16.1. The molecule has 0 amide bonds. The van der Waals surface area contributed by atoms with E-state index in [2.05, 4.69) is 232 Å². The Kier molecular flexibility index (Phi) is 34.0. The summed E-state index contributed by atoms with van der Waals surface area (Å²) in [4.78, 5) is 73.8. The number of nitrogens with one attached hydrogen (secondary N) is 6. The first-order valence-corrected chi connectivity index (χ1v) is 45.5. The Labute approximate surface area is 745 Å². The van der Waals surface area contributed by atoms with E-state index in [-0.39, 0.29) is 36.3 Å². The molecule has 6 N–H and O–H groups in total. The van der Waals surface area contributed by atoms with Crippen molar-refractivity contribution in [2.45, 2.75) is 152 Å². The normalized spacial score (nSPS) is 17.8. The van der Waals surface area contributed by atoms with E-state index in [4.69, 9.17) is 0 Å². The molecule has 0 aliphatic carbocycles. The molecule has 6 aliphatic rings. The lowest BCUT2D eigenvalue weighted by Gasteiger charge is -2.13. The largest absolute Gasteiger partial charge is 0.307 e. The fraction of sp³-hybridized carbons (Fsp3) is 0.263. The second-order valence-corrected chi connectivity index (χ2v) is 33.6. The lowest BCUT2D eigenvalue weighted by atomic mass is 9.93. The van der Waals surface area contributed by atoms with E-state index in [1.54, 1.807) is 0 Å². The molecule has 6 fully saturated rings. The highest BCUT2D eigenvalue weighted by molar-refractivity contribution is 5.91. The zero-order valence-corrected chi connectivity index (χ0v) is 72.4. The summed E-state index contributed by atoms with van der Waals surface area (Å²) < 4.78 is 0. The van der Waals surface area contributed by atoms with Crippen molar-refractivity contribution in [3.8, 4) is 77.9 Å². The second-order valence-electron chi connectivity index (χ2n) is 33.6. The van der Waals surface area contributed by atoms with E-state index < -0.39 is 0 Å². The van der Waals surface area contributed by atoms with Crippen molar-refractivity contribution < 1.29 is 28.8 Å². The van der Waals surface area contributed by atoms with Crippen molar-refractivity contribution in [2.75, 3.05) is 39.3 Å². The molecule has 0 bridgehead atoms. The number of hydrogen-bond acceptors (Lipinski definition) is 12. The maximum atomic E-state index is 12.6. The molecule has 6 saturated heterocycles. The van der Waals surface area contributed by atoms with E-state index in [1.807, 2.05) is 152 Å². The standard InChI is InChI=1S/C24H23NO.5C18H19NO/c26-24(23-12-7-13-25-23)16-18-14-21(19-8-3-1-4-9-19)17-22(15-18)20-10-5-2-6-11-20;2*20-18(17-10-5-11-19-17)13-14-6-4-9-16(12-14)15-7-2-1-3-8-15;2*20-18(17-11-6-12-19-17)13-15-9-4-5-10-16(15)14-7-2-1-3-8-14;20-18(17-7-4-12-19-17)13-14-8-10-16(11-9-14)15-5-2-1-3-6-15/h1-6,8-11,14-15,17,23,25H,7,12-13,16H2;2*1-4,6-9,12,17,19H,5,10-11,13H2;2*1-5,7-10,17,19H,6,11-13H2;1-3,5-6,8-11,17,19H,4,7,12-13H2. The number of carbonyl (C=O) groups excluding carboxylic acids is 6. The molecule has 640 valence electrons. The van der Waals surface area contributed by atoms with Gasteiger partial charge in [0.25, 0.3) is 0 Å². The van der Waals surface area contributed by atoms with E-state index in [1.165, 1.54) is 66.8 Å². The van der Waals surface area contributed by atoms with Crippen molar-refractivity contribution >= 4 is 34.7 Å². The number of carbonyl (C=O) groups is 6. The summed E-state index contributed by atoms with van der Waals surface area (Å²) in [5.74, 6) is 1.86. The quantitative estimate of drug-likeness (QED) is 0.0320. The zero-order valence-electron chi connectivity index (χ0n) is 72.4. The minimum atomic E-state index is 0.0237. The molecule has 6 aliphatic heterocycles. The van der Waals surface area contributed by atoms with Gasteiger partial charge in [-0.25, -0.2) is 0 Å². The van der Waals surface area contributed by atoms with Crippen LogP contribution >= 0.6 is 0 Å². The monoisotopic (exact) mass is 1670 g/mol. The molecule has 13 aromatic carbocycles.